The maximum Gasteiger partial charge on any atom is 0.303 e. The molecule has 1 amide bonds. The third-order valence-corrected chi connectivity index (χ3v) is 4.94. The lowest BCUT2D eigenvalue weighted by atomic mass is 9.95. The van der Waals surface area contributed by atoms with Crippen LogP contribution in [0.3, 0.4) is 0 Å². The molecule has 0 aliphatic carbocycles. The highest BCUT2D eigenvalue weighted by Gasteiger charge is 2.51. The maximum atomic E-state index is 11.9. The number of nitrogens with one attached hydrogen (secondary N) is 1. The van der Waals surface area contributed by atoms with Gasteiger partial charge in [-0.2, -0.15) is 0 Å². The molecule has 7 atom stereocenters. The molecule has 31 heavy (non-hydrogen) atoms. The summed E-state index contributed by atoms with van der Waals surface area (Å²) in [5.41, 5.74) is 5.71. The highest BCUT2D eigenvalue weighted by molar-refractivity contribution is 5.73. The lowest BCUT2D eigenvalue weighted by Gasteiger charge is -2.45. The molecule has 11 nitrogen and oxygen atoms in total. The number of carbonyl (C=O) groups is 4. The van der Waals surface area contributed by atoms with Gasteiger partial charge in [0.25, 0.3) is 0 Å². The van der Waals surface area contributed by atoms with Crippen molar-refractivity contribution < 1.29 is 42.9 Å². The molecule has 11 heteroatoms. The Bertz CT molecular complexity index is 642. The zero-order valence-electron chi connectivity index (χ0n) is 18.9. The minimum Gasteiger partial charge on any atom is -0.463 e. The first-order valence-corrected chi connectivity index (χ1v) is 10.2. The Kier molecular flexibility index (Phi) is 10.9. The van der Waals surface area contributed by atoms with E-state index in [0.717, 1.165) is 0 Å². The van der Waals surface area contributed by atoms with E-state index in [2.05, 4.69) is 5.32 Å². The Balaban J connectivity index is 3.24. The third-order valence-electron chi connectivity index (χ3n) is 4.94. The second kappa shape index (κ2) is 12.6. The highest BCUT2D eigenvalue weighted by Crippen LogP contribution is 2.28. The molecule has 0 aromatic carbocycles. The van der Waals surface area contributed by atoms with Crippen LogP contribution in [0.25, 0.3) is 0 Å². The standard InChI is InChI=1S/C20H34N2O9/c1-10(7-21)11(2)8-28-20-17(22-12(3)23)19(30-15(6)26)18(29-14(5)25)16(31-20)9-27-13(4)24/h10-11,16-20H,7-9,21H2,1-6H3,(H,22,23). The Morgan fingerprint density at radius 1 is 0.935 bits per heavy atom. The van der Waals surface area contributed by atoms with Crippen molar-refractivity contribution in [3.8, 4) is 0 Å². The van der Waals surface area contributed by atoms with Gasteiger partial charge in [-0.05, 0) is 18.4 Å². The van der Waals surface area contributed by atoms with Crippen molar-refractivity contribution in [2.75, 3.05) is 19.8 Å². The molecule has 178 valence electrons. The van der Waals surface area contributed by atoms with Gasteiger partial charge in [0.1, 0.15) is 18.8 Å². The van der Waals surface area contributed by atoms with E-state index in [4.69, 9.17) is 29.4 Å². The van der Waals surface area contributed by atoms with Gasteiger partial charge in [-0.1, -0.05) is 13.8 Å². The number of ether oxygens (including phenoxy) is 5. The molecule has 0 saturated carbocycles. The van der Waals surface area contributed by atoms with E-state index >= 15 is 0 Å². The summed E-state index contributed by atoms with van der Waals surface area (Å²) in [7, 11) is 0. The number of nitrogens with two attached hydrogens (primary N) is 1. The predicted molar refractivity (Wildman–Crippen MR) is 107 cm³/mol. The molecule has 3 N–H and O–H groups in total. The minimum absolute atomic E-state index is 0.0665. The molecule has 1 saturated heterocycles. The van der Waals surface area contributed by atoms with E-state index in [1.54, 1.807) is 0 Å². The Morgan fingerprint density at radius 2 is 1.52 bits per heavy atom. The molecular formula is C20H34N2O9. The van der Waals surface area contributed by atoms with E-state index < -0.39 is 54.5 Å². The monoisotopic (exact) mass is 446 g/mol. The first kappa shape index (κ1) is 26.8. The van der Waals surface area contributed by atoms with Crippen LogP contribution in [-0.2, 0) is 42.9 Å². The average molecular weight is 446 g/mol. The van der Waals surface area contributed by atoms with E-state index in [1.165, 1.54) is 27.7 Å². The van der Waals surface area contributed by atoms with Crippen LogP contribution in [0.2, 0.25) is 0 Å². The van der Waals surface area contributed by atoms with Crippen LogP contribution in [-0.4, -0.2) is 74.2 Å². The molecule has 0 radical (unpaired) electrons. The SMILES string of the molecule is CC(=O)NC1C(OCC(C)C(C)CN)OC(COC(C)=O)C(OC(C)=O)C1OC(C)=O. The minimum atomic E-state index is -1.14. The van der Waals surface area contributed by atoms with E-state index in [0.29, 0.717) is 6.54 Å². The molecule has 1 heterocycles. The fourth-order valence-electron chi connectivity index (χ4n) is 3.08. The fraction of sp³-hybridized carbons (Fsp3) is 0.800. The Hall–Kier alpha value is -2.24. The molecule has 1 rings (SSSR count). The van der Waals surface area contributed by atoms with Gasteiger partial charge < -0.3 is 34.7 Å². The first-order valence-electron chi connectivity index (χ1n) is 10.2. The van der Waals surface area contributed by atoms with Crippen LogP contribution in [0.1, 0.15) is 41.5 Å². The van der Waals surface area contributed by atoms with Crippen LogP contribution in [0.5, 0.6) is 0 Å². The van der Waals surface area contributed by atoms with Crippen molar-refractivity contribution in [1.29, 1.82) is 0 Å². The summed E-state index contributed by atoms with van der Waals surface area (Å²) in [5, 5.41) is 2.65. The largest absolute Gasteiger partial charge is 0.463 e. The molecule has 0 bridgehead atoms. The van der Waals surface area contributed by atoms with Crippen molar-refractivity contribution in [2.24, 2.45) is 17.6 Å². The van der Waals surface area contributed by atoms with Crippen molar-refractivity contribution in [2.45, 2.75) is 72.2 Å². The fourth-order valence-corrected chi connectivity index (χ4v) is 3.08. The zero-order valence-corrected chi connectivity index (χ0v) is 18.9. The van der Waals surface area contributed by atoms with E-state index in [1.807, 2.05) is 13.8 Å². The Labute approximate surface area is 182 Å². The van der Waals surface area contributed by atoms with Gasteiger partial charge in [0, 0.05) is 27.7 Å². The lowest BCUT2D eigenvalue weighted by molar-refractivity contribution is -0.280. The van der Waals surface area contributed by atoms with Gasteiger partial charge in [-0.15, -0.1) is 0 Å². The smallest absolute Gasteiger partial charge is 0.303 e. The summed E-state index contributed by atoms with van der Waals surface area (Å²) in [6.07, 6.45) is -4.33. The zero-order chi connectivity index (χ0) is 23.7. The van der Waals surface area contributed by atoms with Crippen LogP contribution < -0.4 is 11.1 Å². The average Bonchev–Trinajstić information content (AvgIpc) is 2.66. The second-order valence-electron chi connectivity index (χ2n) is 7.74. The molecule has 0 aromatic heterocycles. The van der Waals surface area contributed by atoms with Crippen molar-refractivity contribution in [3.05, 3.63) is 0 Å². The van der Waals surface area contributed by atoms with Crippen molar-refractivity contribution >= 4 is 23.8 Å². The first-order chi connectivity index (χ1) is 14.5. The molecular weight excluding hydrogens is 412 g/mol. The highest BCUT2D eigenvalue weighted by atomic mass is 16.7. The summed E-state index contributed by atoms with van der Waals surface area (Å²) in [6, 6.07) is -0.972. The molecule has 7 unspecified atom stereocenters. The number of hydrogen-bond donors (Lipinski definition) is 2. The van der Waals surface area contributed by atoms with Gasteiger partial charge in [0.15, 0.2) is 18.5 Å². The van der Waals surface area contributed by atoms with Gasteiger partial charge >= 0.3 is 17.9 Å². The molecule has 0 aromatic rings. The number of esters is 3. The van der Waals surface area contributed by atoms with E-state index in [-0.39, 0.29) is 25.0 Å². The topological polar surface area (TPSA) is 152 Å². The summed E-state index contributed by atoms with van der Waals surface area (Å²) < 4.78 is 27.6. The van der Waals surface area contributed by atoms with Crippen molar-refractivity contribution in [1.82, 2.24) is 5.32 Å². The number of hydrogen-bond acceptors (Lipinski definition) is 10. The van der Waals surface area contributed by atoms with Crippen molar-refractivity contribution in [3.63, 3.8) is 0 Å². The summed E-state index contributed by atoms with van der Waals surface area (Å²) in [6.45, 7) is 9.23. The summed E-state index contributed by atoms with van der Waals surface area (Å²) in [5.74, 6) is -2.09. The molecule has 1 aliphatic rings. The normalized spacial score (nSPS) is 27.5. The number of amides is 1. The van der Waals surface area contributed by atoms with Gasteiger partial charge in [-0.3, -0.25) is 19.2 Å². The van der Waals surface area contributed by atoms with E-state index in [9.17, 15) is 19.2 Å². The van der Waals surface area contributed by atoms with Crippen LogP contribution in [0, 0.1) is 11.8 Å². The third kappa shape index (κ3) is 8.80. The number of carbonyl (C=O) groups excluding carboxylic acids is 4. The van der Waals surface area contributed by atoms with Crippen LogP contribution in [0.15, 0.2) is 0 Å². The van der Waals surface area contributed by atoms with Gasteiger partial charge in [0.05, 0.1) is 6.61 Å². The Morgan fingerprint density at radius 3 is 2.00 bits per heavy atom. The quantitative estimate of drug-likeness (QED) is 0.343. The second-order valence-corrected chi connectivity index (χ2v) is 7.74. The van der Waals surface area contributed by atoms with Gasteiger partial charge in [-0.25, -0.2) is 0 Å². The molecule has 1 aliphatic heterocycles. The molecule has 1 fully saturated rings. The lowest BCUT2D eigenvalue weighted by Crippen LogP contribution is -2.66. The van der Waals surface area contributed by atoms with Crippen LogP contribution in [0.4, 0.5) is 0 Å². The predicted octanol–water partition coefficient (Wildman–Crippen LogP) is -0.110. The molecule has 0 spiro atoms. The maximum absolute atomic E-state index is 11.9. The number of rotatable bonds is 10. The summed E-state index contributed by atoms with van der Waals surface area (Å²) >= 11 is 0. The van der Waals surface area contributed by atoms with Gasteiger partial charge in [0.2, 0.25) is 5.91 Å². The van der Waals surface area contributed by atoms with Crippen LogP contribution >= 0.6 is 0 Å². The summed E-state index contributed by atoms with van der Waals surface area (Å²) in [4.78, 5) is 46.7.